The third-order valence-corrected chi connectivity index (χ3v) is 3.37. The van der Waals surface area contributed by atoms with E-state index in [2.05, 4.69) is 15.2 Å². The Morgan fingerprint density at radius 1 is 1.33 bits per heavy atom. The number of rotatable bonds is 4. The molecule has 0 aromatic carbocycles. The maximum Gasteiger partial charge on any atom is 0.236 e. The van der Waals surface area contributed by atoms with Gasteiger partial charge in [0.1, 0.15) is 5.82 Å². The number of amides is 1. The summed E-state index contributed by atoms with van der Waals surface area (Å²) < 4.78 is 0. The number of anilines is 1. The summed E-state index contributed by atoms with van der Waals surface area (Å²) in [5, 5.41) is 2.78. The van der Waals surface area contributed by atoms with Gasteiger partial charge in [0.2, 0.25) is 5.91 Å². The number of carbonyl (C=O) groups excluding carboxylic acids is 1. The van der Waals surface area contributed by atoms with Crippen molar-refractivity contribution in [3.8, 4) is 0 Å². The SMILES string of the molecule is C[C@@H](N)C(=O)NCc1ccc(N2CCCCC2)nc1.Cl.Cl. The Kier molecular flexibility index (Phi) is 9.33. The lowest BCUT2D eigenvalue weighted by Gasteiger charge is -2.27. The smallest absolute Gasteiger partial charge is 0.236 e. The molecule has 0 aliphatic carbocycles. The van der Waals surface area contributed by atoms with Crippen LogP contribution in [-0.2, 0) is 11.3 Å². The molecule has 7 heteroatoms. The highest BCUT2D eigenvalue weighted by atomic mass is 35.5. The Morgan fingerprint density at radius 2 is 2.00 bits per heavy atom. The van der Waals surface area contributed by atoms with Crippen LogP contribution in [0, 0.1) is 0 Å². The highest BCUT2D eigenvalue weighted by Gasteiger charge is 2.12. The Morgan fingerprint density at radius 3 is 2.52 bits per heavy atom. The van der Waals surface area contributed by atoms with Crippen LogP contribution in [0.3, 0.4) is 0 Å². The zero-order chi connectivity index (χ0) is 13.7. The number of piperidine rings is 1. The van der Waals surface area contributed by atoms with E-state index in [1.54, 1.807) is 6.92 Å². The highest BCUT2D eigenvalue weighted by Crippen LogP contribution is 2.17. The van der Waals surface area contributed by atoms with Crippen LogP contribution in [0.2, 0.25) is 0 Å². The van der Waals surface area contributed by atoms with Gasteiger partial charge in [-0.15, -0.1) is 24.8 Å². The number of nitrogens with zero attached hydrogens (tertiary/aromatic N) is 2. The first-order valence-corrected chi connectivity index (χ1v) is 6.90. The average molecular weight is 335 g/mol. The summed E-state index contributed by atoms with van der Waals surface area (Å²) in [6, 6.07) is 3.57. The van der Waals surface area contributed by atoms with E-state index < -0.39 is 6.04 Å². The maximum absolute atomic E-state index is 11.4. The second-order valence-corrected chi connectivity index (χ2v) is 5.08. The fourth-order valence-electron chi connectivity index (χ4n) is 2.18. The molecule has 0 bridgehead atoms. The molecular weight excluding hydrogens is 311 g/mol. The van der Waals surface area contributed by atoms with Crippen LogP contribution in [0.4, 0.5) is 5.82 Å². The molecule has 1 amide bonds. The summed E-state index contributed by atoms with van der Waals surface area (Å²) in [4.78, 5) is 18.1. The molecule has 1 aromatic heterocycles. The van der Waals surface area contributed by atoms with Gasteiger partial charge in [0.05, 0.1) is 6.04 Å². The Balaban J connectivity index is 0.00000200. The van der Waals surface area contributed by atoms with Gasteiger partial charge < -0.3 is 16.0 Å². The lowest BCUT2D eigenvalue weighted by atomic mass is 10.1. The van der Waals surface area contributed by atoms with Gasteiger partial charge >= 0.3 is 0 Å². The second-order valence-electron chi connectivity index (χ2n) is 5.08. The lowest BCUT2D eigenvalue weighted by molar-refractivity contribution is -0.122. The van der Waals surface area contributed by atoms with Crippen molar-refractivity contribution in [3.05, 3.63) is 23.9 Å². The summed E-state index contributed by atoms with van der Waals surface area (Å²) in [7, 11) is 0. The van der Waals surface area contributed by atoms with Crippen LogP contribution in [0.15, 0.2) is 18.3 Å². The number of nitrogens with two attached hydrogens (primary N) is 1. The van der Waals surface area contributed by atoms with Crippen LogP contribution < -0.4 is 16.0 Å². The quantitative estimate of drug-likeness (QED) is 0.881. The molecule has 1 saturated heterocycles. The summed E-state index contributed by atoms with van der Waals surface area (Å²) in [5.41, 5.74) is 6.48. The van der Waals surface area contributed by atoms with Crippen molar-refractivity contribution in [2.75, 3.05) is 18.0 Å². The van der Waals surface area contributed by atoms with E-state index in [1.807, 2.05) is 18.3 Å². The van der Waals surface area contributed by atoms with E-state index >= 15 is 0 Å². The van der Waals surface area contributed by atoms with Gasteiger partial charge in [-0.2, -0.15) is 0 Å². The van der Waals surface area contributed by atoms with Gasteiger partial charge in [0.15, 0.2) is 0 Å². The van der Waals surface area contributed by atoms with Crippen molar-refractivity contribution in [2.24, 2.45) is 5.73 Å². The topological polar surface area (TPSA) is 71.2 Å². The van der Waals surface area contributed by atoms with Gasteiger partial charge in [-0.25, -0.2) is 4.98 Å². The van der Waals surface area contributed by atoms with Crippen molar-refractivity contribution in [3.63, 3.8) is 0 Å². The zero-order valence-electron chi connectivity index (χ0n) is 12.2. The van der Waals surface area contributed by atoms with Crippen molar-refractivity contribution < 1.29 is 4.79 Å². The van der Waals surface area contributed by atoms with Crippen molar-refractivity contribution in [2.45, 2.75) is 38.8 Å². The first-order valence-electron chi connectivity index (χ1n) is 6.90. The van der Waals surface area contributed by atoms with Gasteiger partial charge in [-0.1, -0.05) is 6.07 Å². The maximum atomic E-state index is 11.4. The largest absolute Gasteiger partial charge is 0.357 e. The highest BCUT2D eigenvalue weighted by molar-refractivity contribution is 5.85. The lowest BCUT2D eigenvalue weighted by Crippen LogP contribution is -2.37. The molecule has 0 saturated carbocycles. The van der Waals surface area contributed by atoms with E-state index in [0.29, 0.717) is 6.54 Å². The normalized spacial score (nSPS) is 15.4. The number of halogens is 2. The van der Waals surface area contributed by atoms with Crippen molar-refractivity contribution >= 4 is 36.5 Å². The Bertz CT molecular complexity index is 419. The van der Waals surface area contributed by atoms with Crippen LogP contribution >= 0.6 is 24.8 Å². The number of aromatic nitrogens is 1. The molecule has 5 nitrogen and oxygen atoms in total. The Labute approximate surface area is 138 Å². The summed E-state index contributed by atoms with van der Waals surface area (Å²) >= 11 is 0. The first-order chi connectivity index (χ1) is 9.16. The molecule has 1 aromatic rings. The molecule has 2 heterocycles. The first kappa shape index (κ1) is 20.0. The summed E-state index contributed by atoms with van der Waals surface area (Å²) in [6.45, 7) is 4.34. The van der Waals surface area contributed by atoms with E-state index in [9.17, 15) is 4.79 Å². The number of hydrogen-bond acceptors (Lipinski definition) is 4. The molecule has 2 rings (SSSR count). The molecule has 0 unspecified atom stereocenters. The number of carbonyl (C=O) groups is 1. The molecule has 21 heavy (non-hydrogen) atoms. The summed E-state index contributed by atoms with van der Waals surface area (Å²) in [6.07, 6.45) is 5.63. The average Bonchev–Trinajstić information content (AvgIpc) is 2.46. The van der Waals surface area contributed by atoms with Gasteiger partial charge in [0, 0.05) is 25.8 Å². The van der Waals surface area contributed by atoms with Crippen LogP contribution in [0.25, 0.3) is 0 Å². The molecule has 1 aliphatic rings. The third kappa shape index (κ3) is 6.08. The van der Waals surface area contributed by atoms with E-state index in [4.69, 9.17) is 5.73 Å². The predicted octanol–water partition coefficient (Wildman–Crippen LogP) is 1.88. The molecular formula is C14H24Cl2N4O. The number of hydrogen-bond donors (Lipinski definition) is 2. The van der Waals surface area contributed by atoms with Gasteiger partial charge in [-0.05, 0) is 37.8 Å². The third-order valence-electron chi connectivity index (χ3n) is 3.37. The van der Waals surface area contributed by atoms with E-state index in [0.717, 1.165) is 24.5 Å². The van der Waals surface area contributed by atoms with Crippen molar-refractivity contribution in [1.82, 2.24) is 10.3 Å². The van der Waals surface area contributed by atoms with Crippen molar-refractivity contribution in [1.29, 1.82) is 0 Å². The molecule has 0 spiro atoms. The standard InChI is InChI=1S/C14H22N4O.2ClH/c1-11(15)14(19)17-10-12-5-6-13(16-9-12)18-7-3-2-4-8-18;;/h5-6,9,11H,2-4,7-8,10,15H2,1H3,(H,17,19);2*1H/t11-;;/m1../s1. The second kappa shape index (κ2) is 9.82. The summed E-state index contributed by atoms with van der Waals surface area (Å²) in [5.74, 6) is 0.891. The van der Waals surface area contributed by atoms with E-state index in [1.165, 1.54) is 19.3 Å². The van der Waals surface area contributed by atoms with E-state index in [-0.39, 0.29) is 30.7 Å². The molecule has 1 aliphatic heterocycles. The minimum atomic E-state index is -0.472. The molecule has 1 fully saturated rings. The zero-order valence-corrected chi connectivity index (χ0v) is 13.9. The van der Waals surface area contributed by atoms with Crippen LogP contribution in [0.1, 0.15) is 31.7 Å². The fraction of sp³-hybridized carbons (Fsp3) is 0.571. The number of nitrogens with one attached hydrogen (secondary N) is 1. The monoisotopic (exact) mass is 334 g/mol. The minimum Gasteiger partial charge on any atom is -0.357 e. The van der Waals surface area contributed by atoms with Crippen LogP contribution in [0.5, 0.6) is 0 Å². The fourth-order valence-corrected chi connectivity index (χ4v) is 2.18. The number of pyridine rings is 1. The molecule has 1 atom stereocenters. The predicted molar refractivity (Wildman–Crippen MR) is 90.3 cm³/mol. The van der Waals surface area contributed by atoms with Crippen LogP contribution in [-0.4, -0.2) is 30.0 Å². The molecule has 0 radical (unpaired) electrons. The van der Waals surface area contributed by atoms with Gasteiger partial charge in [0.25, 0.3) is 0 Å². The molecule has 3 N–H and O–H groups in total. The Hall–Kier alpha value is -1.04. The minimum absolute atomic E-state index is 0. The van der Waals surface area contributed by atoms with Gasteiger partial charge in [-0.3, -0.25) is 4.79 Å². The molecule has 120 valence electrons.